The molecular weight excluding hydrogens is 424 g/mol. The lowest BCUT2D eigenvalue weighted by atomic mass is 9.97. The minimum Gasteiger partial charge on any atom is -0.484 e. The van der Waals surface area contributed by atoms with E-state index in [1.807, 2.05) is 0 Å². The monoisotopic (exact) mass is 447 g/mol. The highest BCUT2D eigenvalue weighted by molar-refractivity contribution is 7.86. The average Bonchev–Trinajstić information content (AvgIpc) is 2.71. The Hall–Kier alpha value is -2.53. The fourth-order valence-electron chi connectivity index (χ4n) is 2.85. The number of hydrogen-bond donors (Lipinski definition) is 1. The first-order valence-corrected chi connectivity index (χ1v) is 10.6. The average molecular weight is 447 g/mol. The molecule has 0 bridgehead atoms. The van der Waals surface area contributed by atoms with Crippen LogP contribution in [0.15, 0.2) is 30.8 Å². The van der Waals surface area contributed by atoms with Crippen molar-refractivity contribution in [2.24, 2.45) is 5.92 Å². The largest absolute Gasteiger partial charge is 0.484 e. The summed E-state index contributed by atoms with van der Waals surface area (Å²) in [6.45, 7) is 4.52. The van der Waals surface area contributed by atoms with Gasteiger partial charge in [-0.2, -0.15) is 17.2 Å². The van der Waals surface area contributed by atoms with E-state index in [0.29, 0.717) is 12.7 Å². The lowest BCUT2D eigenvalue weighted by Crippen LogP contribution is -2.45. The zero-order valence-corrected chi connectivity index (χ0v) is 17.1. The Balaban J connectivity index is 1.81. The molecule has 0 spiro atoms. The van der Waals surface area contributed by atoms with Gasteiger partial charge in [0.1, 0.15) is 5.75 Å². The number of esters is 1. The van der Waals surface area contributed by atoms with Gasteiger partial charge in [0.2, 0.25) is 0 Å². The van der Waals surface area contributed by atoms with Crippen molar-refractivity contribution < 1.29 is 40.8 Å². The second kappa shape index (κ2) is 9.52. The zero-order chi connectivity index (χ0) is 22.5. The van der Waals surface area contributed by atoms with Gasteiger partial charge in [-0.05, 0) is 37.5 Å². The Kier molecular flexibility index (Phi) is 7.54. The van der Waals surface area contributed by atoms with E-state index >= 15 is 0 Å². The Labute approximate surface area is 173 Å². The number of hydrogen-bond acceptors (Lipinski definition) is 6. The Morgan fingerprint density at radius 1 is 1.30 bits per heavy atom. The number of ether oxygens (including phenoxy) is 2. The Bertz CT molecular complexity index is 879. The van der Waals surface area contributed by atoms with Gasteiger partial charge in [-0.15, -0.1) is 0 Å². The van der Waals surface area contributed by atoms with E-state index in [-0.39, 0.29) is 38.4 Å². The normalized spacial score (nSPS) is 16.6. The fraction of sp³-hybridized carbons (Fsp3) is 0.474. The summed E-state index contributed by atoms with van der Waals surface area (Å²) in [4.78, 5) is 25.8. The van der Waals surface area contributed by atoms with E-state index in [9.17, 15) is 26.8 Å². The Morgan fingerprint density at radius 2 is 1.87 bits per heavy atom. The maximum atomic E-state index is 13.5. The number of piperidine rings is 1. The predicted molar refractivity (Wildman–Crippen MR) is 103 cm³/mol. The van der Waals surface area contributed by atoms with Crippen LogP contribution in [0.4, 0.5) is 8.78 Å². The van der Waals surface area contributed by atoms with Crippen LogP contribution < -0.4 is 4.74 Å². The van der Waals surface area contributed by atoms with E-state index in [0.717, 1.165) is 5.56 Å². The molecule has 1 atom stereocenters. The molecule has 0 aliphatic carbocycles. The van der Waals surface area contributed by atoms with Crippen LogP contribution >= 0.6 is 0 Å². The summed E-state index contributed by atoms with van der Waals surface area (Å²) in [5.41, 5.74) is 0.909. The number of alkyl halides is 2. The van der Waals surface area contributed by atoms with E-state index in [1.165, 1.54) is 4.90 Å². The molecule has 1 aromatic rings. The molecule has 0 aromatic heterocycles. The SMILES string of the molecule is C=Cc1ccc(OCC(=O)N2CCC(C(=O)OC(C)C(F)(F)S(=O)(=O)O)CC2)cc1. The lowest BCUT2D eigenvalue weighted by molar-refractivity contribution is -0.166. The number of nitrogens with zero attached hydrogens (tertiary/aromatic N) is 1. The third-order valence-corrected chi connectivity index (χ3v) is 5.79. The van der Waals surface area contributed by atoms with Crippen molar-refractivity contribution in [3.05, 3.63) is 36.4 Å². The second-order valence-corrected chi connectivity index (χ2v) is 8.33. The van der Waals surface area contributed by atoms with Crippen LogP contribution in [0.1, 0.15) is 25.3 Å². The number of rotatable bonds is 8. The summed E-state index contributed by atoms with van der Waals surface area (Å²) in [5.74, 6) is -1.54. The highest BCUT2D eigenvalue weighted by Gasteiger charge is 2.52. The summed E-state index contributed by atoms with van der Waals surface area (Å²) < 4.78 is 67.0. The van der Waals surface area contributed by atoms with Crippen LogP contribution in [0.3, 0.4) is 0 Å². The van der Waals surface area contributed by atoms with Crippen LogP contribution in [-0.2, 0) is 24.4 Å². The molecule has 1 aliphatic rings. The molecule has 1 saturated heterocycles. The Morgan fingerprint density at radius 3 is 2.37 bits per heavy atom. The number of carbonyl (C=O) groups excluding carboxylic acids is 2. The van der Waals surface area contributed by atoms with E-state index in [2.05, 4.69) is 11.3 Å². The summed E-state index contributed by atoms with van der Waals surface area (Å²) in [6.07, 6.45) is -0.333. The third-order valence-electron chi connectivity index (χ3n) is 4.77. The topological polar surface area (TPSA) is 110 Å². The molecule has 1 unspecified atom stereocenters. The third kappa shape index (κ3) is 5.76. The van der Waals surface area contributed by atoms with Gasteiger partial charge in [0.05, 0.1) is 5.92 Å². The van der Waals surface area contributed by atoms with Crippen molar-refractivity contribution in [2.45, 2.75) is 31.1 Å². The lowest BCUT2D eigenvalue weighted by Gasteiger charge is -2.31. The van der Waals surface area contributed by atoms with Gasteiger partial charge < -0.3 is 14.4 Å². The van der Waals surface area contributed by atoms with Crippen molar-refractivity contribution in [1.29, 1.82) is 0 Å². The highest BCUT2D eigenvalue weighted by Crippen LogP contribution is 2.29. The first-order chi connectivity index (χ1) is 14.0. The van der Waals surface area contributed by atoms with Gasteiger partial charge in [-0.25, -0.2) is 0 Å². The molecule has 0 radical (unpaired) electrons. The molecule has 1 amide bonds. The number of halogens is 2. The molecule has 2 rings (SSSR count). The number of benzene rings is 1. The highest BCUT2D eigenvalue weighted by atomic mass is 32.2. The minimum absolute atomic E-state index is 0.169. The van der Waals surface area contributed by atoms with E-state index in [4.69, 9.17) is 9.29 Å². The maximum absolute atomic E-state index is 13.5. The second-order valence-electron chi connectivity index (χ2n) is 6.83. The molecule has 166 valence electrons. The minimum atomic E-state index is -5.71. The first kappa shape index (κ1) is 23.7. The quantitative estimate of drug-likeness (QED) is 0.481. The predicted octanol–water partition coefficient (Wildman–Crippen LogP) is 2.36. The molecule has 1 fully saturated rings. The number of carbonyl (C=O) groups is 2. The molecule has 8 nitrogen and oxygen atoms in total. The van der Waals surface area contributed by atoms with E-state index in [1.54, 1.807) is 30.3 Å². The van der Waals surface area contributed by atoms with Crippen LogP contribution in [0.2, 0.25) is 0 Å². The molecule has 30 heavy (non-hydrogen) atoms. The van der Waals surface area contributed by atoms with Crippen LogP contribution in [0.5, 0.6) is 5.75 Å². The van der Waals surface area contributed by atoms with Crippen molar-refractivity contribution in [2.75, 3.05) is 19.7 Å². The standard InChI is InChI=1S/C19H23F2NO7S/c1-3-14-4-6-16(7-5-14)28-12-17(23)22-10-8-15(9-11-22)18(24)29-13(2)19(20,21)30(25,26)27/h3-7,13,15H,1,8-12H2,2H3,(H,25,26,27). The van der Waals surface area contributed by atoms with Crippen LogP contribution in [-0.4, -0.2) is 60.8 Å². The van der Waals surface area contributed by atoms with Crippen LogP contribution in [0, 0.1) is 5.92 Å². The molecule has 1 N–H and O–H groups in total. The smallest absolute Gasteiger partial charge is 0.405 e. The van der Waals surface area contributed by atoms with Gasteiger partial charge >= 0.3 is 21.3 Å². The van der Waals surface area contributed by atoms with Gasteiger partial charge in [0, 0.05) is 13.1 Å². The van der Waals surface area contributed by atoms with Gasteiger partial charge in [0.25, 0.3) is 5.91 Å². The van der Waals surface area contributed by atoms with Gasteiger partial charge in [-0.3, -0.25) is 14.1 Å². The summed E-state index contributed by atoms with van der Waals surface area (Å²) in [5, 5.41) is -4.61. The zero-order valence-electron chi connectivity index (χ0n) is 16.3. The van der Waals surface area contributed by atoms with Crippen LogP contribution in [0.25, 0.3) is 6.08 Å². The maximum Gasteiger partial charge on any atom is 0.405 e. The first-order valence-electron chi connectivity index (χ1n) is 9.14. The fourth-order valence-corrected chi connectivity index (χ4v) is 3.32. The van der Waals surface area contributed by atoms with Gasteiger partial charge in [-0.1, -0.05) is 24.8 Å². The van der Waals surface area contributed by atoms with Crippen molar-refractivity contribution in [1.82, 2.24) is 4.90 Å². The van der Waals surface area contributed by atoms with E-state index < -0.39 is 33.4 Å². The summed E-state index contributed by atoms with van der Waals surface area (Å²) >= 11 is 0. The molecule has 0 saturated carbocycles. The van der Waals surface area contributed by atoms with Gasteiger partial charge in [0.15, 0.2) is 12.7 Å². The molecule has 1 heterocycles. The van der Waals surface area contributed by atoms with Crippen molar-refractivity contribution in [3.63, 3.8) is 0 Å². The number of likely N-dealkylation sites (tertiary alicyclic amines) is 1. The van der Waals surface area contributed by atoms with Crippen molar-refractivity contribution in [3.8, 4) is 5.75 Å². The number of amides is 1. The summed E-state index contributed by atoms with van der Waals surface area (Å²) in [6, 6.07) is 6.99. The molecule has 1 aliphatic heterocycles. The molecule has 11 heteroatoms. The van der Waals surface area contributed by atoms with Crippen molar-refractivity contribution >= 4 is 28.1 Å². The molecular formula is C19H23F2NO7S. The summed E-state index contributed by atoms with van der Waals surface area (Å²) in [7, 11) is -5.71. The molecule has 1 aromatic carbocycles.